The molecule has 2 aromatic heterocycles. The summed E-state index contributed by atoms with van der Waals surface area (Å²) in [5.74, 6) is 0.233. The second-order valence-corrected chi connectivity index (χ2v) is 8.17. The number of hydrogen-bond donors (Lipinski definition) is 1. The predicted octanol–water partition coefficient (Wildman–Crippen LogP) is 4.35. The maximum Gasteiger partial charge on any atom is 0.305 e. The molecule has 0 aliphatic carbocycles. The summed E-state index contributed by atoms with van der Waals surface area (Å²) in [6.07, 6.45) is -0.102. The number of aromatic nitrogens is 2. The van der Waals surface area contributed by atoms with Crippen molar-refractivity contribution in [2.24, 2.45) is 0 Å². The minimum absolute atomic E-state index is 0.102. The van der Waals surface area contributed by atoms with Crippen molar-refractivity contribution in [1.82, 2.24) is 9.55 Å². The molecule has 5 nitrogen and oxygen atoms in total. The molecule has 0 fully saturated rings. The summed E-state index contributed by atoms with van der Waals surface area (Å²) >= 11 is 2.80. The molecule has 3 aromatic rings. The van der Waals surface area contributed by atoms with Crippen LogP contribution in [-0.4, -0.2) is 20.6 Å². The second kappa shape index (κ2) is 8.05. The van der Waals surface area contributed by atoms with Crippen molar-refractivity contribution in [3.8, 4) is 0 Å². The third kappa shape index (κ3) is 4.16. The average molecular weight is 389 g/mol. The Labute approximate surface area is 159 Å². The van der Waals surface area contributed by atoms with Crippen LogP contribution < -0.4 is 5.56 Å². The molecule has 0 unspecified atom stereocenters. The number of thiophene rings is 1. The summed E-state index contributed by atoms with van der Waals surface area (Å²) in [6.45, 7) is 4.44. The van der Waals surface area contributed by atoms with Crippen molar-refractivity contribution >= 4 is 39.3 Å². The van der Waals surface area contributed by atoms with Gasteiger partial charge in [0.05, 0.1) is 11.9 Å². The lowest BCUT2D eigenvalue weighted by molar-refractivity contribution is -0.137. The van der Waals surface area contributed by atoms with Gasteiger partial charge in [0.2, 0.25) is 0 Å². The Bertz CT molecular complexity index is 975. The van der Waals surface area contributed by atoms with E-state index in [1.165, 1.54) is 33.2 Å². The summed E-state index contributed by atoms with van der Waals surface area (Å²) in [5, 5.41) is 11.4. The summed E-state index contributed by atoms with van der Waals surface area (Å²) in [7, 11) is 0. The lowest BCUT2D eigenvalue weighted by Crippen LogP contribution is -2.23. The molecule has 3 rings (SSSR count). The zero-order valence-electron chi connectivity index (χ0n) is 14.6. The van der Waals surface area contributed by atoms with E-state index >= 15 is 0 Å². The van der Waals surface area contributed by atoms with Crippen LogP contribution in [0.3, 0.4) is 0 Å². The zero-order chi connectivity index (χ0) is 18.7. The van der Waals surface area contributed by atoms with Gasteiger partial charge in [-0.2, -0.15) is 0 Å². The molecule has 26 heavy (non-hydrogen) atoms. The lowest BCUT2D eigenvalue weighted by atomic mass is 10.0. The van der Waals surface area contributed by atoms with E-state index in [-0.39, 0.29) is 18.5 Å². The van der Waals surface area contributed by atoms with Gasteiger partial charge in [-0.15, -0.1) is 11.3 Å². The van der Waals surface area contributed by atoms with Crippen molar-refractivity contribution in [3.63, 3.8) is 0 Å². The number of thioether (sulfide) groups is 1. The molecule has 136 valence electrons. The number of benzene rings is 1. The highest BCUT2D eigenvalue weighted by molar-refractivity contribution is 7.98. The number of aliphatic carboxylic acids is 1. The molecule has 1 N–H and O–H groups in total. The quantitative estimate of drug-likeness (QED) is 0.481. The Morgan fingerprint density at radius 1 is 1.27 bits per heavy atom. The Balaban J connectivity index is 1.86. The van der Waals surface area contributed by atoms with Gasteiger partial charge in [-0.25, -0.2) is 4.98 Å². The highest BCUT2D eigenvalue weighted by Crippen LogP contribution is 2.25. The van der Waals surface area contributed by atoms with Crippen LogP contribution in [0.15, 0.2) is 45.7 Å². The maximum absolute atomic E-state index is 12.7. The van der Waals surface area contributed by atoms with Gasteiger partial charge in [-0.05, 0) is 28.5 Å². The van der Waals surface area contributed by atoms with E-state index in [0.29, 0.717) is 27.0 Å². The molecular formula is C19H20N2O3S2. The van der Waals surface area contributed by atoms with E-state index in [4.69, 9.17) is 5.11 Å². The van der Waals surface area contributed by atoms with E-state index < -0.39 is 5.97 Å². The van der Waals surface area contributed by atoms with Gasteiger partial charge in [-0.1, -0.05) is 49.9 Å². The molecule has 0 amide bonds. The van der Waals surface area contributed by atoms with E-state index in [0.717, 1.165) is 5.56 Å². The first-order chi connectivity index (χ1) is 12.5. The second-order valence-electron chi connectivity index (χ2n) is 6.31. The number of nitrogens with zero attached hydrogens (tertiary/aromatic N) is 2. The SMILES string of the molecule is CC(C)c1ccc(CSc2nc3ccsc3c(=O)n2CCC(=O)O)cc1. The van der Waals surface area contributed by atoms with Crippen LogP contribution in [0.1, 0.15) is 37.3 Å². The van der Waals surface area contributed by atoms with Gasteiger partial charge in [-0.3, -0.25) is 14.2 Å². The van der Waals surface area contributed by atoms with E-state index in [1.807, 2.05) is 11.4 Å². The number of carboxylic acids is 1. The molecule has 7 heteroatoms. The van der Waals surface area contributed by atoms with Crippen molar-refractivity contribution in [3.05, 3.63) is 57.2 Å². The van der Waals surface area contributed by atoms with Gasteiger partial charge >= 0.3 is 5.97 Å². The first-order valence-corrected chi connectivity index (χ1v) is 10.2. The molecule has 0 saturated heterocycles. The minimum atomic E-state index is -0.927. The highest BCUT2D eigenvalue weighted by Gasteiger charge is 2.14. The number of carboxylic acid groups (broad SMARTS) is 1. The summed E-state index contributed by atoms with van der Waals surface area (Å²) in [6, 6.07) is 10.2. The Kier molecular flexibility index (Phi) is 5.78. The molecule has 0 atom stereocenters. The van der Waals surface area contributed by atoms with Crippen LogP contribution in [0.25, 0.3) is 10.2 Å². The van der Waals surface area contributed by atoms with Gasteiger partial charge in [0.1, 0.15) is 4.70 Å². The third-order valence-corrected chi connectivity index (χ3v) is 6.03. The highest BCUT2D eigenvalue weighted by atomic mass is 32.2. The summed E-state index contributed by atoms with van der Waals surface area (Å²) < 4.78 is 2.06. The first-order valence-electron chi connectivity index (χ1n) is 8.37. The van der Waals surface area contributed by atoms with Crippen LogP contribution in [0.2, 0.25) is 0 Å². The van der Waals surface area contributed by atoms with Gasteiger partial charge in [0.15, 0.2) is 5.16 Å². The van der Waals surface area contributed by atoms with E-state index in [1.54, 1.807) is 0 Å². The molecule has 0 aliphatic rings. The topological polar surface area (TPSA) is 72.2 Å². The van der Waals surface area contributed by atoms with Crippen LogP contribution >= 0.6 is 23.1 Å². The van der Waals surface area contributed by atoms with E-state index in [9.17, 15) is 9.59 Å². The number of hydrogen-bond acceptors (Lipinski definition) is 5. The molecule has 0 saturated carbocycles. The fourth-order valence-electron chi connectivity index (χ4n) is 2.58. The smallest absolute Gasteiger partial charge is 0.305 e. The third-order valence-electron chi connectivity index (χ3n) is 4.09. The maximum atomic E-state index is 12.7. The number of carbonyl (C=O) groups is 1. The average Bonchev–Trinajstić information content (AvgIpc) is 3.08. The summed E-state index contributed by atoms with van der Waals surface area (Å²) in [5.41, 5.74) is 2.94. The fraction of sp³-hybridized carbons (Fsp3) is 0.316. The Morgan fingerprint density at radius 2 is 2.00 bits per heavy atom. The molecular weight excluding hydrogens is 368 g/mol. The molecule has 0 bridgehead atoms. The van der Waals surface area contributed by atoms with Gasteiger partial charge in [0, 0.05) is 12.3 Å². The first kappa shape index (κ1) is 18.7. The van der Waals surface area contributed by atoms with Crippen LogP contribution in [-0.2, 0) is 17.1 Å². The fourth-order valence-corrected chi connectivity index (χ4v) is 4.34. The molecule has 1 aromatic carbocycles. The lowest BCUT2D eigenvalue weighted by Gasteiger charge is -2.11. The normalized spacial score (nSPS) is 11.3. The number of rotatable bonds is 7. The van der Waals surface area contributed by atoms with Crippen LogP contribution in [0.5, 0.6) is 0 Å². The van der Waals surface area contributed by atoms with Crippen molar-refractivity contribution in [2.75, 3.05) is 0 Å². The Hall–Kier alpha value is -2.12. The molecule has 0 aliphatic heterocycles. The van der Waals surface area contributed by atoms with Gasteiger partial charge in [0.25, 0.3) is 5.56 Å². The Morgan fingerprint density at radius 3 is 2.65 bits per heavy atom. The molecule has 0 spiro atoms. The zero-order valence-corrected chi connectivity index (χ0v) is 16.3. The van der Waals surface area contributed by atoms with Crippen molar-refractivity contribution in [1.29, 1.82) is 0 Å². The van der Waals surface area contributed by atoms with Crippen molar-refractivity contribution in [2.45, 2.75) is 43.6 Å². The predicted molar refractivity (Wildman–Crippen MR) is 106 cm³/mol. The van der Waals surface area contributed by atoms with Crippen molar-refractivity contribution < 1.29 is 9.90 Å². The standard InChI is InChI=1S/C19H20N2O3S2/c1-12(2)14-5-3-13(4-6-14)11-26-19-20-15-8-10-25-17(15)18(24)21(19)9-7-16(22)23/h3-6,8,10,12H,7,9,11H2,1-2H3,(H,22,23). The largest absolute Gasteiger partial charge is 0.481 e. The molecule has 0 radical (unpaired) electrons. The van der Waals surface area contributed by atoms with Gasteiger partial charge < -0.3 is 5.11 Å². The van der Waals surface area contributed by atoms with Crippen LogP contribution in [0, 0.1) is 0 Å². The summed E-state index contributed by atoms with van der Waals surface area (Å²) in [4.78, 5) is 28.2. The number of fused-ring (bicyclic) bond motifs is 1. The molecule has 2 heterocycles. The minimum Gasteiger partial charge on any atom is -0.481 e. The van der Waals surface area contributed by atoms with Crippen LogP contribution in [0.4, 0.5) is 0 Å². The van der Waals surface area contributed by atoms with E-state index in [2.05, 4.69) is 43.1 Å². The monoisotopic (exact) mass is 388 g/mol.